The van der Waals surface area contributed by atoms with Crippen LogP contribution in [-0.2, 0) is 10.3 Å². The van der Waals surface area contributed by atoms with Crippen LogP contribution in [0.3, 0.4) is 0 Å². The molecule has 3 fully saturated rings. The molecule has 2 saturated heterocycles. The van der Waals surface area contributed by atoms with E-state index in [1.165, 1.54) is 11.3 Å². The van der Waals surface area contributed by atoms with Crippen molar-refractivity contribution >= 4 is 34.7 Å². The smallest absolute Gasteiger partial charge is 0.405 e. The second-order valence-electron chi connectivity index (χ2n) is 7.76. The summed E-state index contributed by atoms with van der Waals surface area (Å²) in [6.07, 6.45) is 3.61. The molecule has 0 unspecified atom stereocenters. The lowest BCUT2D eigenvalue weighted by Crippen LogP contribution is -2.61. The zero-order valence-electron chi connectivity index (χ0n) is 15.7. The van der Waals surface area contributed by atoms with Crippen LogP contribution < -0.4 is 10.6 Å². The molecule has 2 aliphatic heterocycles. The van der Waals surface area contributed by atoms with Crippen LogP contribution in [0.4, 0.5) is 10.5 Å². The van der Waals surface area contributed by atoms with Gasteiger partial charge in [-0.1, -0.05) is 22.9 Å². The molecule has 2 bridgehead atoms. The number of fused-ring (bicyclic) bond motifs is 3. The van der Waals surface area contributed by atoms with E-state index in [1.807, 2.05) is 0 Å². The lowest BCUT2D eigenvalue weighted by molar-refractivity contribution is -0.166. The maximum atomic E-state index is 11.1. The molecule has 4 heterocycles. The molecular weight excluding hydrogens is 402 g/mol. The molecule has 0 spiro atoms. The third kappa shape index (κ3) is 3.54. The number of carbonyl (C=O) groups is 1. The van der Waals surface area contributed by atoms with Crippen molar-refractivity contribution in [3.05, 3.63) is 22.4 Å². The molecule has 1 amide bonds. The number of amides is 1. The van der Waals surface area contributed by atoms with Crippen molar-refractivity contribution in [1.29, 1.82) is 0 Å². The zero-order chi connectivity index (χ0) is 19.9. The third-order valence-electron chi connectivity index (χ3n) is 5.37. The van der Waals surface area contributed by atoms with Gasteiger partial charge in [0.25, 0.3) is 0 Å². The number of nitrogens with zero attached hydrogens (tertiary/aromatic N) is 3. The Balaban J connectivity index is 1.59. The Bertz CT molecular complexity index is 879. The Morgan fingerprint density at radius 3 is 2.68 bits per heavy atom. The molecule has 0 atom stereocenters. The summed E-state index contributed by atoms with van der Waals surface area (Å²) in [7, 11) is 0. The fourth-order valence-electron chi connectivity index (χ4n) is 3.91. The number of ether oxygens (including phenoxy) is 1. The van der Waals surface area contributed by atoms with Gasteiger partial charge < -0.3 is 20.5 Å². The van der Waals surface area contributed by atoms with Gasteiger partial charge in [0.1, 0.15) is 15.8 Å². The van der Waals surface area contributed by atoms with Crippen molar-refractivity contribution in [1.82, 2.24) is 20.5 Å². The molecular formula is C18H22ClN5O3S. The Labute approximate surface area is 171 Å². The number of hydrogen-bond donors (Lipinski definition) is 3. The number of carboxylic acid groups (broad SMARTS) is 1. The standard InChI is InChI=1S/C18H22ClN5O3S/c1-10(2)21-12-7-13(19)20-8-11(12)14-23-24-15(28-14)18-5-3-17(4-6-18,9-27-18)22-16(25)26/h7-8,10,22H,3-6,9H2,1-2H3,(H,20,21)(H,25,26). The van der Waals surface area contributed by atoms with Gasteiger partial charge in [-0.15, -0.1) is 10.2 Å². The first-order valence-electron chi connectivity index (χ1n) is 9.22. The molecule has 28 heavy (non-hydrogen) atoms. The van der Waals surface area contributed by atoms with Crippen molar-refractivity contribution in [2.75, 3.05) is 11.9 Å². The first-order chi connectivity index (χ1) is 13.3. The molecule has 2 aromatic rings. The van der Waals surface area contributed by atoms with Gasteiger partial charge in [-0.25, -0.2) is 9.78 Å². The average molecular weight is 424 g/mol. The summed E-state index contributed by atoms with van der Waals surface area (Å²) < 4.78 is 6.15. The summed E-state index contributed by atoms with van der Waals surface area (Å²) in [5.74, 6) is 0. The molecule has 8 nitrogen and oxygen atoms in total. The van der Waals surface area contributed by atoms with Gasteiger partial charge >= 0.3 is 6.09 Å². The molecule has 3 aliphatic rings. The molecule has 0 radical (unpaired) electrons. The van der Waals surface area contributed by atoms with Crippen molar-refractivity contribution in [3.63, 3.8) is 0 Å². The molecule has 1 aliphatic carbocycles. The number of anilines is 1. The van der Waals surface area contributed by atoms with Gasteiger partial charge in [-0.3, -0.25) is 0 Å². The number of hydrogen-bond acceptors (Lipinski definition) is 7. The maximum Gasteiger partial charge on any atom is 0.405 e. The van der Waals surface area contributed by atoms with E-state index in [9.17, 15) is 4.79 Å². The molecule has 10 heteroatoms. The lowest BCUT2D eigenvalue weighted by Gasteiger charge is -2.51. The van der Waals surface area contributed by atoms with Crippen LogP contribution >= 0.6 is 22.9 Å². The van der Waals surface area contributed by atoms with Crippen LogP contribution in [-0.4, -0.2) is 44.6 Å². The number of pyridine rings is 1. The predicted molar refractivity (Wildman–Crippen MR) is 107 cm³/mol. The maximum absolute atomic E-state index is 11.1. The van der Waals surface area contributed by atoms with Gasteiger partial charge in [-0.05, 0) is 45.6 Å². The third-order valence-corrected chi connectivity index (χ3v) is 6.72. The van der Waals surface area contributed by atoms with Crippen LogP contribution in [0.15, 0.2) is 12.3 Å². The van der Waals surface area contributed by atoms with Gasteiger partial charge in [0.05, 0.1) is 17.7 Å². The minimum absolute atomic E-state index is 0.234. The average Bonchev–Trinajstić information content (AvgIpc) is 3.12. The van der Waals surface area contributed by atoms with E-state index < -0.39 is 17.2 Å². The van der Waals surface area contributed by atoms with Gasteiger partial charge in [0.2, 0.25) is 0 Å². The number of nitrogens with one attached hydrogen (secondary N) is 2. The van der Waals surface area contributed by atoms with Crippen LogP contribution in [0.2, 0.25) is 5.15 Å². The van der Waals surface area contributed by atoms with Crippen LogP contribution in [0, 0.1) is 0 Å². The monoisotopic (exact) mass is 423 g/mol. The van der Waals surface area contributed by atoms with E-state index in [0.29, 0.717) is 11.8 Å². The summed E-state index contributed by atoms with van der Waals surface area (Å²) in [6, 6.07) is 2.03. The molecule has 0 aromatic carbocycles. The fraction of sp³-hybridized carbons (Fsp3) is 0.556. The van der Waals surface area contributed by atoms with Crippen molar-refractivity contribution < 1.29 is 14.6 Å². The summed E-state index contributed by atoms with van der Waals surface area (Å²) in [5, 5.41) is 25.9. The van der Waals surface area contributed by atoms with Crippen LogP contribution in [0.1, 0.15) is 44.5 Å². The van der Waals surface area contributed by atoms with Crippen LogP contribution in [0.25, 0.3) is 10.6 Å². The molecule has 2 aromatic heterocycles. The molecule has 5 rings (SSSR count). The highest BCUT2D eigenvalue weighted by molar-refractivity contribution is 7.14. The summed E-state index contributed by atoms with van der Waals surface area (Å²) in [5.41, 5.74) is 0.763. The van der Waals surface area contributed by atoms with E-state index in [1.54, 1.807) is 12.3 Å². The van der Waals surface area contributed by atoms with Crippen molar-refractivity contribution in [2.24, 2.45) is 0 Å². The van der Waals surface area contributed by atoms with E-state index in [-0.39, 0.29) is 6.04 Å². The van der Waals surface area contributed by atoms with Crippen molar-refractivity contribution in [2.45, 2.75) is 56.7 Å². The Morgan fingerprint density at radius 2 is 2.07 bits per heavy atom. The summed E-state index contributed by atoms with van der Waals surface area (Å²) in [6.45, 7) is 4.46. The minimum Gasteiger partial charge on any atom is -0.465 e. The van der Waals surface area contributed by atoms with Gasteiger partial charge in [0.15, 0.2) is 5.01 Å². The summed E-state index contributed by atoms with van der Waals surface area (Å²) >= 11 is 7.56. The predicted octanol–water partition coefficient (Wildman–Crippen LogP) is 3.88. The first kappa shape index (κ1) is 19.4. The number of rotatable bonds is 5. The number of aromatic nitrogens is 3. The molecule has 150 valence electrons. The van der Waals surface area contributed by atoms with E-state index >= 15 is 0 Å². The normalized spacial score (nSPS) is 26.4. The highest BCUT2D eigenvalue weighted by Crippen LogP contribution is 2.50. The summed E-state index contributed by atoms with van der Waals surface area (Å²) in [4.78, 5) is 15.3. The lowest BCUT2D eigenvalue weighted by atomic mass is 9.71. The largest absolute Gasteiger partial charge is 0.465 e. The van der Waals surface area contributed by atoms with Gasteiger partial charge in [-0.2, -0.15) is 0 Å². The topological polar surface area (TPSA) is 109 Å². The van der Waals surface area contributed by atoms with Crippen LogP contribution in [0.5, 0.6) is 0 Å². The Hall–Kier alpha value is -1.97. The highest BCUT2D eigenvalue weighted by atomic mass is 35.5. The minimum atomic E-state index is -1.00. The van der Waals surface area contributed by atoms with E-state index in [0.717, 1.165) is 46.9 Å². The first-order valence-corrected chi connectivity index (χ1v) is 10.4. The quantitative estimate of drug-likeness (QED) is 0.626. The molecule has 1 saturated carbocycles. The van der Waals surface area contributed by atoms with Gasteiger partial charge in [0, 0.05) is 17.9 Å². The second kappa shape index (κ2) is 7.13. The second-order valence-corrected chi connectivity index (χ2v) is 9.12. The fourth-order valence-corrected chi connectivity index (χ4v) is 5.13. The molecule has 3 N–H and O–H groups in total. The zero-order valence-corrected chi connectivity index (χ0v) is 17.2. The number of halogens is 1. The van der Waals surface area contributed by atoms with E-state index in [2.05, 4.69) is 39.7 Å². The highest BCUT2D eigenvalue weighted by Gasteiger charge is 2.53. The Morgan fingerprint density at radius 1 is 1.32 bits per heavy atom. The SMILES string of the molecule is CC(C)Nc1cc(Cl)ncc1-c1nnc(C23CCC(NC(=O)O)(CC2)CO3)s1. The Kier molecular flexibility index (Phi) is 4.93. The van der Waals surface area contributed by atoms with Crippen molar-refractivity contribution in [3.8, 4) is 10.6 Å². The van der Waals surface area contributed by atoms with E-state index in [4.69, 9.17) is 21.4 Å².